The molecule has 0 bridgehead atoms. The van der Waals surface area contributed by atoms with Crippen LogP contribution in [0.1, 0.15) is 33.1 Å². The summed E-state index contributed by atoms with van der Waals surface area (Å²) < 4.78 is 5.38. The third-order valence-corrected chi connectivity index (χ3v) is 6.41. The Labute approximate surface area is 180 Å². The molecule has 2 amide bonds. The van der Waals surface area contributed by atoms with Gasteiger partial charge in [-0.25, -0.2) is 0 Å². The van der Waals surface area contributed by atoms with Crippen molar-refractivity contribution in [2.75, 3.05) is 56.7 Å². The first-order chi connectivity index (χ1) is 14.4. The van der Waals surface area contributed by atoms with E-state index in [1.165, 1.54) is 12.8 Å². The van der Waals surface area contributed by atoms with Crippen molar-refractivity contribution in [3.8, 4) is 0 Å². The Kier molecular flexibility index (Phi) is 8.10. The highest BCUT2D eigenvalue weighted by molar-refractivity contribution is 5.92. The van der Waals surface area contributed by atoms with Gasteiger partial charge in [-0.05, 0) is 49.6 Å². The molecule has 1 aromatic rings. The highest BCUT2D eigenvalue weighted by Crippen LogP contribution is 2.29. The molecule has 2 N–H and O–H groups in total. The molecule has 2 fully saturated rings. The summed E-state index contributed by atoms with van der Waals surface area (Å²) in [6.07, 6.45) is 3.45. The van der Waals surface area contributed by atoms with Crippen LogP contribution < -0.4 is 15.5 Å². The first-order valence-electron chi connectivity index (χ1n) is 11.1. The Morgan fingerprint density at radius 2 is 1.73 bits per heavy atom. The van der Waals surface area contributed by atoms with Gasteiger partial charge in [-0.2, -0.15) is 0 Å². The number of hydrogen-bond donors (Lipinski definition) is 2. The Bertz CT molecular complexity index is 703. The van der Waals surface area contributed by atoms with E-state index in [0.29, 0.717) is 11.8 Å². The average molecular weight is 417 g/mol. The van der Waals surface area contributed by atoms with Crippen molar-refractivity contribution in [3.63, 3.8) is 0 Å². The Morgan fingerprint density at radius 3 is 2.43 bits per heavy atom. The summed E-state index contributed by atoms with van der Waals surface area (Å²) in [6, 6.07) is 8.12. The van der Waals surface area contributed by atoms with Gasteiger partial charge in [0.25, 0.3) is 0 Å². The number of hydrogen-bond acceptors (Lipinski definition) is 5. The van der Waals surface area contributed by atoms with E-state index in [9.17, 15) is 9.59 Å². The zero-order chi connectivity index (χ0) is 21.5. The summed E-state index contributed by atoms with van der Waals surface area (Å²) >= 11 is 0. The van der Waals surface area contributed by atoms with Crippen LogP contribution in [0.5, 0.6) is 0 Å². The van der Waals surface area contributed by atoms with Crippen LogP contribution in [0.4, 0.5) is 11.4 Å². The molecule has 3 rings (SSSR count). The number of nitrogens with zero attached hydrogens (tertiary/aromatic N) is 2. The number of benzene rings is 1. The van der Waals surface area contributed by atoms with Crippen LogP contribution in [-0.2, 0) is 14.3 Å². The predicted molar refractivity (Wildman–Crippen MR) is 120 cm³/mol. The number of carbonyl (C=O) groups excluding carboxylic acids is 2. The second-order valence-electron chi connectivity index (χ2n) is 8.81. The van der Waals surface area contributed by atoms with Crippen molar-refractivity contribution in [3.05, 3.63) is 24.3 Å². The number of anilines is 2. The molecule has 0 spiro atoms. The lowest BCUT2D eigenvalue weighted by atomic mass is 9.78. The molecule has 7 heteroatoms. The van der Waals surface area contributed by atoms with Gasteiger partial charge in [-0.1, -0.05) is 26.7 Å². The second-order valence-corrected chi connectivity index (χ2v) is 8.81. The minimum atomic E-state index is -0.121. The number of amides is 2. The molecular weight excluding hydrogens is 380 g/mol. The van der Waals surface area contributed by atoms with Crippen LogP contribution in [0, 0.1) is 11.8 Å². The van der Waals surface area contributed by atoms with Crippen molar-refractivity contribution in [2.45, 2.75) is 39.2 Å². The van der Waals surface area contributed by atoms with Crippen LogP contribution in [0.15, 0.2) is 24.3 Å². The highest BCUT2D eigenvalue weighted by atomic mass is 16.5. The maximum Gasteiger partial charge on any atom is 0.238 e. The molecule has 1 aromatic carbocycles. The maximum atomic E-state index is 12.4. The van der Waals surface area contributed by atoms with Gasteiger partial charge in [0, 0.05) is 30.5 Å². The predicted octanol–water partition coefficient (Wildman–Crippen LogP) is 2.33. The Hall–Kier alpha value is -2.12. The quantitative estimate of drug-likeness (QED) is 0.714. The minimum Gasteiger partial charge on any atom is -0.378 e. The molecule has 1 aliphatic heterocycles. The monoisotopic (exact) mass is 416 g/mol. The van der Waals surface area contributed by atoms with Gasteiger partial charge in [0.1, 0.15) is 0 Å². The third kappa shape index (κ3) is 6.44. The molecule has 30 heavy (non-hydrogen) atoms. The number of rotatable bonds is 7. The van der Waals surface area contributed by atoms with Gasteiger partial charge >= 0.3 is 0 Å². The van der Waals surface area contributed by atoms with Crippen LogP contribution in [0.25, 0.3) is 0 Å². The smallest absolute Gasteiger partial charge is 0.238 e. The molecule has 2 aliphatic rings. The first-order valence-corrected chi connectivity index (χ1v) is 11.1. The minimum absolute atomic E-state index is 0.00823. The molecule has 0 radical (unpaired) electrons. The van der Waals surface area contributed by atoms with Gasteiger partial charge in [0.05, 0.1) is 26.3 Å². The molecule has 1 heterocycles. The normalized spacial score (nSPS) is 24.5. The van der Waals surface area contributed by atoms with Gasteiger partial charge in [-0.3, -0.25) is 14.5 Å². The molecule has 1 saturated carbocycles. The topological polar surface area (TPSA) is 73.9 Å². The molecule has 1 aliphatic carbocycles. The van der Waals surface area contributed by atoms with Gasteiger partial charge in [-0.15, -0.1) is 0 Å². The first kappa shape index (κ1) is 22.6. The number of morpholine rings is 1. The van der Waals surface area contributed by atoms with E-state index in [2.05, 4.69) is 29.4 Å². The number of ether oxygens (including phenoxy) is 1. The second kappa shape index (κ2) is 10.8. The van der Waals surface area contributed by atoms with E-state index in [-0.39, 0.29) is 30.9 Å². The van der Waals surface area contributed by atoms with Gasteiger partial charge in [0.15, 0.2) is 0 Å². The average Bonchev–Trinajstić information content (AvgIpc) is 2.72. The van der Waals surface area contributed by atoms with Crippen molar-refractivity contribution in [1.29, 1.82) is 0 Å². The number of carbonyl (C=O) groups is 2. The van der Waals surface area contributed by atoms with E-state index in [1.54, 1.807) is 11.9 Å². The Morgan fingerprint density at radius 1 is 1.07 bits per heavy atom. The van der Waals surface area contributed by atoms with Gasteiger partial charge in [0.2, 0.25) is 11.8 Å². The summed E-state index contributed by atoms with van der Waals surface area (Å²) in [5.74, 6) is 1.01. The van der Waals surface area contributed by atoms with Crippen LogP contribution >= 0.6 is 0 Å². The zero-order valence-electron chi connectivity index (χ0n) is 18.5. The van der Waals surface area contributed by atoms with Crippen LogP contribution in [0.3, 0.4) is 0 Å². The highest BCUT2D eigenvalue weighted by Gasteiger charge is 2.28. The standard InChI is InChI=1S/C23H36N4O3/c1-17-5-4-6-21(18(17)2)25-23(29)16-26(3)15-22(28)24-19-7-9-20(10-8-19)27-11-13-30-14-12-27/h7-10,17-18,21H,4-6,11-16H2,1-3H3,(H,24,28)(H,25,29)/t17-,18+,21-/m0/s1. The van der Waals surface area contributed by atoms with Crippen molar-refractivity contribution in [2.24, 2.45) is 11.8 Å². The van der Waals surface area contributed by atoms with E-state index in [0.717, 1.165) is 44.1 Å². The molecule has 0 aromatic heterocycles. The van der Waals surface area contributed by atoms with E-state index in [1.807, 2.05) is 24.3 Å². The third-order valence-electron chi connectivity index (χ3n) is 6.41. The molecule has 7 nitrogen and oxygen atoms in total. The molecule has 0 unspecified atom stereocenters. The summed E-state index contributed by atoms with van der Waals surface area (Å²) in [7, 11) is 1.80. The SMILES string of the molecule is C[C@H]1[C@@H](NC(=O)CN(C)CC(=O)Nc2ccc(N3CCOCC3)cc2)CCC[C@@H]1C. The summed E-state index contributed by atoms with van der Waals surface area (Å²) in [5, 5.41) is 6.08. The van der Waals surface area contributed by atoms with Gasteiger partial charge < -0.3 is 20.3 Å². The number of likely N-dealkylation sites (N-methyl/N-ethyl adjacent to an activating group) is 1. The largest absolute Gasteiger partial charge is 0.378 e. The molecular formula is C23H36N4O3. The van der Waals surface area contributed by atoms with Crippen LogP contribution in [-0.4, -0.2) is 69.2 Å². The molecule has 166 valence electrons. The fourth-order valence-corrected chi connectivity index (χ4v) is 4.36. The maximum absolute atomic E-state index is 12.4. The zero-order valence-corrected chi connectivity index (χ0v) is 18.5. The summed E-state index contributed by atoms with van der Waals surface area (Å²) in [4.78, 5) is 28.8. The van der Waals surface area contributed by atoms with Crippen molar-refractivity contribution in [1.82, 2.24) is 10.2 Å². The van der Waals surface area contributed by atoms with E-state index >= 15 is 0 Å². The number of nitrogens with one attached hydrogen (secondary N) is 2. The fourth-order valence-electron chi connectivity index (χ4n) is 4.36. The van der Waals surface area contributed by atoms with Crippen molar-refractivity contribution < 1.29 is 14.3 Å². The van der Waals surface area contributed by atoms with E-state index in [4.69, 9.17) is 4.74 Å². The van der Waals surface area contributed by atoms with Crippen LogP contribution in [0.2, 0.25) is 0 Å². The molecule has 3 atom stereocenters. The summed E-state index contributed by atoms with van der Waals surface area (Å²) in [5.41, 5.74) is 1.90. The lowest BCUT2D eigenvalue weighted by Crippen LogP contribution is -2.47. The molecule has 1 saturated heterocycles. The Balaban J connectivity index is 1.41. The van der Waals surface area contributed by atoms with Crippen molar-refractivity contribution >= 4 is 23.2 Å². The lowest BCUT2D eigenvalue weighted by Gasteiger charge is -2.34. The summed E-state index contributed by atoms with van der Waals surface area (Å²) in [6.45, 7) is 8.14. The lowest BCUT2D eigenvalue weighted by molar-refractivity contribution is -0.124. The fraction of sp³-hybridized carbons (Fsp3) is 0.652. The van der Waals surface area contributed by atoms with E-state index < -0.39 is 0 Å².